The quantitative estimate of drug-likeness (QED) is 0.704. The maximum atomic E-state index is 13.2. The van der Waals surface area contributed by atoms with Gasteiger partial charge in [0.25, 0.3) is 0 Å². The number of methoxy groups -OCH3 is 1. The van der Waals surface area contributed by atoms with Gasteiger partial charge in [-0.1, -0.05) is 38.0 Å². The van der Waals surface area contributed by atoms with Crippen LogP contribution in [0.5, 0.6) is 5.75 Å². The molecule has 0 amide bonds. The zero-order valence-corrected chi connectivity index (χ0v) is 18.2. The summed E-state index contributed by atoms with van der Waals surface area (Å²) in [4.78, 5) is 2.30. The van der Waals surface area contributed by atoms with Crippen LogP contribution in [0.3, 0.4) is 0 Å². The van der Waals surface area contributed by atoms with E-state index in [1.54, 1.807) is 6.07 Å². The van der Waals surface area contributed by atoms with E-state index in [1.807, 2.05) is 43.3 Å². The number of nitrogens with zero attached hydrogens (tertiary/aromatic N) is 1. The van der Waals surface area contributed by atoms with Crippen LogP contribution in [0.4, 0.5) is 11.4 Å². The SMILES string of the molecule is CCCCC1(C)CN(c2ccccc2)c2cc(Br)c(OC)cc2S(=O)(=O)N1. The number of nitrogens with one attached hydrogen (secondary N) is 1. The Kier molecular flexibility index (Phi) is 5.84. The molecule has 0 aromatic heterocycles. The van der Waals surface area contributed by atoms with Gasteiger partial charge in [0.05, 0.1) is 17.3 Å². The van der Waals surface area contributed by atoms with Gasteiger partial charge in [-0.15, -0.1) is 0 Å². The van der Waals surface area contributed by atoms with E-state index in [-0.39, 0.29) is 4.90 Å². The molecule has 1 aliphatic heterocycles. The summed E-state index contributed by atoms with van der Waals surface area (Å²) >= 11 is 3.50. The lowest BCUT2D eigenvalue weighted by Gasteiger charge is -2.34. The van der Waals surface area contributed by atoms with Gasteiger partial charge in [0.15, 0.2) is 0 Å². The van der Waals surface area contributed by atoms with Crippen LogP contribution in [0.15, 0.2) is 51.8 Å². The number of benzene rings is 2. The second-order valence-electron chi connectivity index (χ2n) is 7.15. The van der Waals surface area contributed by atoms with Gasteiger partial charge in [-0.25, -0.2) is 13.1 Å². The molecule has 0 aliphatic carbocycles. The number of sulfonamides is 1. The molecule has 1 heterocycles. The monoisotopic (exact) mass is 452 g/mol. The van der Waals surface area contributed by atoms with Crippen LogP contribution in [-0.2, 0) is 10.0 Å². The van der Waals surface area contributed by atoms with Crippen molar-refractivity contribution in [2.24, 2.45) is 0 Å². The average Bonchev–Trinajstić information content (AvgIpc) is 2.72. The summed E-state index contributed by atoms with van der Waals surface area (Å²) in [6.07, 6.45) is 2.72. The van der Waals surface area contributed by atoms with E-state index in [1.165, 1.54) is 7.11 Å². The van der Waals surface area contributed by atoms with Gasteiger partial charge in [0.1, 0.15) is 10.6 Å². The van der Waals surface area contributed by atoms with Crippen molar-refractivity contribution in [3.63, 3.8) is 0 Å². The third-order valence-electron chi connectivity index (χ3n) is 4.85. The van der Waals surface area contributed by atoms with Crippen molar-refractivity contribution in [1.29, 1.82) is 0 Å². The van der Waals surface area contributed by atoms with Crippen molar-refractivity contribution in [1.82, 2.24) is 4.72 Å². The Morgan fingerprint density at radius 1 is 1.26 bits per heavy atom. The number of rotatable bonds is 5. The summed E-state index contributed by atoms with van der Waals surface area (Å²) in [5.74, 6) is 0.490. The largest absolute Gasteiger partial charge is 0.496 e. The maximum Gasteiger partial charge on any atom is 0.243 e. The molecular formula is C20H25BrN2O3S. The van der Waals surface area contributed by atoms with Gasteiger partial charge in [-0.05, 0) is 47.5 Å². The Morgan fingerprint density at radius 2 is 1.96 bits per heavy atom. The van der Waals surface area contributed by atoms with E-state index in [2.05, 4.69) is 32.5 Å². The topological polar surface area (TPSA) is 58.6 Å². The predicted molar refractivity (Wildman–Crippen MR) is 112 cm³/mol. The molecule has 2 aromatic rings. The standard InChI is InChI=1S/C20H25BrN2O3S/c1-4-5-11-20(2)14-23(15-9-7-6-8-10-15)17-12-16(21)18(26-3)13-19(17)27(24,25)22-20/h6-10,12-13,22H,4-5,11,14H2,1-3H3. The van der Waals surface area contributed by atoms with Gasteiger partial charge < -0.3 is 9.64 Å². The number of para-hydroxylation sites is 1. The predicted octanol–water partition coefficient (Wildman–Crippen LogP) is 4.84. The first-order valence-corrected chi connectivity index (χ1v) is 11.3. The maximum absolute atomic E-state index is 13.2. The molecule has 1 aliphatic rings. The molecule has 146 valence electrons. The number of halogens is 1. The summed E-state index contributed by atoms with van der Waals surface area (Å²) in [5.41, 5.74) is 1.02. The number of unbranched alkanes of at least 4 members (excludes halogenated alkanes) is 1. The third-order valence-corrected chi connectivity index (χ3v) is 7.14. The second-order valence-corrected chi connectivity index (χ2v) is 9.65. The molecule has 27 heavy (non-hydrogen) atoms. The fourth-order valence-corrected chi connectivity index (χ4v) is 5.61. The lowest BCUT2D eigenvalue weighted by Crippen LogP contribution is -2.50. The van der Waals surface area contributed by atoms with E-state index < -0.39 is 15.6 Å². The first-order chi connectivity index (χ1) is 12.8. The zero-order chi connectivity index (χ0) is 19.7. The molecular weight excluding hydrogens is 428 g/mol. The fourth-order valence-electron chi connectivity index (χ4n) is 3.49. The Labute approximate surface area is 169 Å². The molecule has 1 N–H and O–H groups in total. The van der Waals surface area contributed by atoms with Crippen LogP contribution in [0, 0.1) is 0 Å². The Balaban J connectivity index is 2.23. The minimum atomic E-state index is -3.70. The van der Waals surface area contributed by atoms with Crippen LogP contribution in [0.25, 0.3) is 0 Å². The van der Waals surface area contributed by atoms with E-state index >= 15 is 0 Å². The van der Waals surface area contributed by atoms with Crippen molar-refractivity contribution >= 4 is 37.3 Å². The summed E-state index contributed by atoms with van der Waals surface area (Å²) in [7, 11) is -2.17. The smallest absolute Gasteiger partial charge is 0.243 e. The number of ether oxygens (including phenoxy) is 1. The van der Waals surface area contributed by atoms with E-state index in [0.29, 0.717) is 18.0 Å². The first kappa shape index (κ1) is 20.2. The Bertz CT molecular complexity index is 918. The van der Waals surface area contributed by atoms with Crippen molar-refractivity contribution in [3.8, 4) is 5.75 Å². The lowest BCUT2D eigenvalue weighted by atomic mass is 9.95. The number of hydrogen-bond donors (Lipinski definition) is 1. The molecule has 0 bridgehead atoms. The second kappa shape index (κ2) is 7.81. The molecule has 1 unspecified atom stereocenters. The highest BCUT2D eigenvalue weighted by atomic mass is 79.9. The summed E-state index contributed by atoms with van der Waals surface area (Å²) in [5, 5.41) is 0. The molecule has 1 atom stereocenters. The van der Waals surface area contributed by atoms with Crippen LogP contribution in [0.2, 0.25) is 0 Å². The van der Waals surface area contributed by atoms with Gasteiger partial charge in [0.2, 0.25) is 10.0 Å². The first-order valence-electron chi connectivity index (χ1n) is 9.04. The van der Waals surface area contributed by atoms with Crippen LogP contribution >= 0.6 is 15.9 Å². The molecule has 3 rings (SSSR count). The van der Waals surface area contributed by atoms with Gasteiger partial charge in [0, 0.05) is 23.8 Å². The molecule has 0 saturated heterocycles. The summed E-state index contributed by atoms with van der Waals surface area (Å²) < 4.78 is 35.5. The molecule has 0 radical (unpaired) electrons. The molecule has 0 spiro atoms. The highest BCUT2D eigenvalue weighted by Crippen LogP contribution is 2.42. The van der Waals surface area contributed by atoms with E-state index in [0.717, 1.165) is 29.4 Å². The Hall–Kier alpha value is -1.57. The third kappa shape index (κ3) is 4.15. The molecule has 0 fully saturated rings. The average molecular weight is 453 g/mol. The van der Waals surface area contributed by atoms with Crippen LogP contribution < -0.4 is 14.4 Å². The van der Waals surface area contributed by atoms with Gasteiger partial charge >= 0.3 is 0 Å². The van der Waals surface area contributed by atoms with Crippen molar-refractivity contribution in [3.05, 3.63) is 46.9 Å². The molecule has 0 saturated carbocycles. The zero-order valence-electron chi connectivity index (χ0n) is 15.8. The summed E-state index contributed by atoms with van der Waals surface area (Å²) in [6, 6.07) is 13.3. The van der Waals surface area contributed by atoms with Crippen molar-refractivity contribution in [2.45, 2.75) is 43.5 Å². The highest BCUT2D eigenvalue weighted by molar-refractivity contribution is 9.10. The number of fused-ring (bicyclic) bond motifs is 1. The van der Waals surface area contributed by atoms with Crippen LogP contribution in [-0.4, -0.2) is 27.6 Å². The summed E-state index contributed by atoms with van der Waals surface area (Å²) in [6.45, 7) is 4.64. The molecule has 7 heteroatoms. The molecule has 2 aromatic carbocycles. The van der Waals surface area contributed by atoms with Crippen molar-refractivity contribution in [2.75, 3.05) is 18.6 Å². The fraction of sp³-hybridized carbons (Fsp3) is 0.400. The van der Waals surface area contributed by atoms with Gasteiger partial charge in [-0.3, -0.25) is 0 Å². The minimum Gasteiger partial charge on any atom is -0.496 e. The van der Waals surface area contributed by atoms with E-state index in [4.69, 9.17) is 4.74 Å². The number of hydrogen-bond acceptors (Lipinski definition) is 4. The minimum absolute atomic E-state index is 0.228. The lowest BCUT2D eigenvalue weighted by molar-refractivity contribution is 0.385. The van der Waals surface area contributed by atoms with Crippen molar-refractivity contribution < 1.29 is 13.2 Å². The van der Waals surface area contributed by atoms with Gasteiger partial charge in [-0.2, -0.15) is 0 Å². The van der Waals surface area contributed by atoms with E-state index in [9.17, 15) is 8.42 Å². The Morgan fingerprint density at radius 3 is 2.59 bits per heavy atom. The number of anilines is 2. The normalized spacial score (nSPS) is 21.4. The van der Waals surface area contributed by atoms with Crippen LogP contribution in [0.1, 0.15) is 33.1 Å². The highest BCUT2D eigenvalue weighted by Gasteiger charge is 2.39. The molecule has 5 nitrogen and oxygen atoms in total.